The van der Waals surface area contributed by atoms with E-state index in [-0.39, 0.29) is 9.13 Å². The van der Waals surface area contributed by atoms with Gasteiger partial charge in [-0.25, -0.2) is 0 Å². The average molecular weight is 356 g/mol. The lowest BCUT2D eigenvalue weighted by atomic mass is 10.0. The Kier molecular flexibility index (Phi) is 3.92. The summed E-state index contributed by atoms with van der Waals surface area (Å²) in [7, 11) is 0. The van der Waals surface area contributed by atoms with Crippen LogP contribution in [0, 0.1) is 25.0 Å². The van der Waals surface area contributed by atoms with Crippen molar-refractivity contribution >= 4 is 28.3 Å². The van der Waals surface area contributed by atoms with Gasteiger partial charge in [-0.1, -0.05) is 0 Å². The van der Waals surface area contributed by atoms with Gasteiger partial charge in [0.2, 0.25) is 0 Å². The van der Waals surface area contributed by atoms with Gasteiger partial charge in [-0.2, -0.15) is 18.4 Å². The van der Waals surface area contributed by atoms with Gasteiger partial charge in [0.15, 0.2) is 0 Å². The Morgan fingerprint density at radius 3 is 2.47 bits per heavy atom. The summed E-state index contributed by atoms with van der Waals surface area (Å²) in [6.45, 7) is 0. The highest BCUT2D eigenvalue weighted by Gasteiger charge is 2.41. The van der Waals surface area contributed by atoms with Crippen molar-refractivity contribution in [2.75, 3.05) is 0 Å². The fourth-order valence-electron chi connectivity index (χ4n) is 1.34. The molecule has 4 nitrogen and oxygen atoms in total. The van der Waals surface area contributed by atoms with Crippen molar-refractivity contribution in [2.45, 2.75) is 12.6 Å². The second-order valence-corrected chi connectivity index (χ2v) is 4.29. The number of rotatable bonds is 2. The summed E-state index contributed by atoms with van der Waals surface area (Å²) in [5.74, 6) is 0. The summed E-state index contributed by atoms with van der Waals surface area (Å²) in [6, 6.07) is 3.53. The quantitative estimate of drug-likeness (QED) is 0.464. The number of halogens is 4. The molecule has 0 N–H and O–H groups in total. The van der Waals surface area contributed by atoms with Gasteiger partial charge in [-0.15, -0.1) is 0 Å². The molecule has 0 saturated heterocycles. The van der Waals surface area contributed by atoms with Crippen LogP contribution in [-0.2, 0) is 12.6 Å². The number of alkyl halides is 3. The van der Waals surface area contributed by atoms with Crippen LogP contribution in [-0.4, -0.2) is 4.92 Å². The SMILES string of the molecule is N#CCc1cc(I)cc([N+](=O)[O-])c1C(F)(F)F. The molecule has 0 aliphatic rings. The maximum atomic E-state index is 12.7. The zero-order valence-electron chi connectivity index (χ0n) is 8.08. The molecule has 0 aliphatic carbocycles. The highest BCUT2D eigenvalue weighted by molar-refractivity contribution is 14.1. The van der Waals surface area contributed by atoms with Crippen LogP contribution in [0.2, 0.25) is 0 Å². The molecule has 8 heteroatoms. The Bertz CT molecular complexity index is 508. The topological polar surface area (TPSA) is 66.9 Å². The first-order chi connectivity index (χ1) is 7.77. The predicted octanol–water partition coefficient (Wildman–Crippen LogP) is 3.28. The van der Waals surface area contributed by atoms with Crippen molar-refractivity contribution in [3.63, 3.8) is 0 Å². The van der Waals surface area contributed by atoms with Crippen LogP contribution in [0.1, 0.15) is 11.1 Å². The fraction of sp³-hybridized carbons (Fsp3) is 0.222. The first kappa shape index (κ1) is 13.7. The summed E-state index contributed by atoms with van der Waals surface area (Å²) >= 11 is 1.67. The van der Waals surface area contributed by atoms with Gasteiger partial charge in [0.05, 0.1) is 17.4 Å². The van der Waals surface area contributed by atoms with Gasteiger partial charge in [0.1, 0.15) is 5.56 Å². The van der Waals surface area contributed by atoms with Crippen molar-refractivity contribution < 1.29 is 18.1 Å². The van der Waals surface area contributed by atoms with Crippen LogP contribution < -0.4 is 0 Å². The summed E-state index contributed by atoms with van der Waals surface area (Å²) in [5.41, 5.74) is -2.74. The minimum Gasteiger partial charge on any atom is -0.258 e. The van der Waals surface area contributed by atoms with E-state index in [4.69, 9.17) is 5.26 Å². The lowest BCUT2D eigenvalue weighted by molar-refractivity contribution is -0.388. The number of nitrogens with zero attached hydrogens (tertiary/aromatic N) is 2. The number of benzene rings is 1. The number of nitriles is 1. The molecule has 0 atom stereocenters. The Balaban J connectivity index is 3.60. The van der Waals surface area contributed by atoms with E-state index >= 15 is 0 Å². The van der Waals surface area contributed by atoms with Gasteiger partial charge in [-0.05, 0) is 34.2 Å². The summed E-state index contributed by atoms with van der Waals surface area (Å²) in [4.78, 5) is 9.51. The van der Waals surface area contributed by atoms with E-state index in [1.165, 1.54) is 0 Å². The number of nitro groups is 1. The van der Waals surface area contributed by atoms with Gasteiger partial charge in [0, 0.05) is 9.64 Å². The molecule has 1 rings (SSSR count). The van der Waals surface area contributed by atoms with Gasteiger partial charge < -0.3 is 0 Å². The Morgan fingerprint density at radius 1 is 1.47 bits per heavy atom. The molecule has 0 amide bonds. The maximum Gasteiger partial charge on any atom is 0.423 e. The van der Waals surface area contributed by atoms with E-state index in [1.807, 2.05) is 0 Å². The van der Waals surface area contributed by atoms with E-state index in [0.29, 0.717) is 0 Å². The summed E-state index contributed by atoms with van der Waals surface area (Å²) in [6.07, 6.45) is -5.37. The lowest BCUT2D eigenvalue weighted by Crippen LogP contribution is -2.13. The van der Waals surface area contributed by atoms with E-state index in [0.717, 1.165) is 12.1 Å². The molecule has 1 aromatic carbocycles. The molecule has 0 unspecified atom stereocenters. The van der Waals surface area contributed by atoms with Crippen LogP contribution in [0.25, 0.3) is 0 Å². The van der Waals surface area contributed by atoms with Crippen molar-refractivity contribution in [3.8, 4) is 6.07 Å². The third-order valence-corrected chi connectivity index (χ3v) is 2.54. The van der Waals surface area contributed by atoms with Gasteiger partial charge >= 0.3 is 6.18 Å². The lowest BCUT2D eigenvalue weighted by Gasteiger charge is -2.11. The Labute approximate surface area is 107 Å². The maximum absolute atomic E-state index is 12.7. The Morgan fingerprint density at radius 2 is 2.06 bits per heavy atom. The first-order valence-corrected chi connectivity index (χ1v) is 5.26. The second-order valence-electron chi connectivity index (χ2n) is 3.05. The van der Waals surface area contributed by atoms with Gasteiger partial charge in [0.25, 0.3) is 5.69 Å². The molecule has 17 heavy (non-hydrogen) atoms. The number of hydrogen-bond acceptors (Lipinski definition) is 3. The minimum atomic E-state index is -4.85. The van der Waals surface area contributed by atoms with Crippen LogP contribution in [0.15, 0.2) is 12.1 Å². The largest absolute Gasteiger partial charge is 0.423 e. The monoisotopic (exact) mass is 356 g/mol. The van der Waals surface area contributed by atoms with Crippen molar-refractivity contribution in [2.24, 2.45) is 0 Å². The van der Waals surface area contributed by atoms with Crippen LogP contribution >= 0.6 is 22.6 Å². The molecule has 0 heterocycles. The van der Waals surface area contributed by atoms with Gasteiger partial charge in [-0.3, -0.25) is 10.1 Å². The highest BCUT2D eigenvalue weighted by Crippen LogP contribution is 2.39. The van der Waals surface area contributed by atoms with Crippen LogP contribution in [0.5, 0.6) is 0 Å². The van der Waals surface area contributed by atoms with E-state index in [9.17, 15) is 23.3 Å². The van der Waals surface area contributed by atoms with E-state index < -0.39 is 28.8 Å². The molecule has 0 bridgehead atoms. The molecule has 1 aromatic rings. The third-order valence-electron chi connectivity index (χ3n) is 1.91. The summed E-state index contributed by atoms with van der Waals surface area (Å²) < 4.78 is 38.4. The number of hydrogen-bond donors (Lipinski definition) is 0. The number of nitro benzene ring substituents is 1. The van der Waals surface area contributed by atoms with Crippen LogP contribution in [0.3, 0.4) is 0 Å². The molecule has 0 fully saturated rings. The minimum absolute atomic E-state index is 0.285. The molecular weight excluding hydrogens is 352 g/mol. The van der Waals surface area contributed by atoms with Crippen molar-refractivity contribution in [1.29, 1.82) is 5.26 Å². The molecule has 0 radical (unpaired) electrons. The molecule has 0 aliphatic heterocycles. The molecule has 0 spiro atoms. The van der Waals surface area contributed by atoms with Crippen molar-refractivity contribution in [1.82, 2.24) is 0 Å². The predicted molar refractivity (Wildman–Crippen MR) is 60.1 cm³/mol. The standard InChI is InChI=1S/C9H4F3IN2O2/c10-9(11,12)8-5(1-2-14)3-6(13)4-7(8)15(16)17/h3-4H,1H2. The van der Waals surface area contributed by atoms with Crippen molar-refractivity contribution in [3.05, 3.63) is 36.9 Å². The second kappa shape index (κ2) is 4.87. The zero-order chi connectivity index (χ0) is 13.2. The first-order valence-electron chi connectivity index (χ1n) is 4.18. The molecule has 0 aromatic heterocycles. The average Bonchev–Trinajstić information content (AvgIpc) is 2.14. The third kappa shape index (κ3) is 3.06. The van der Waals surface area contributed by atoms with Crippen LogP contribution in [0.4, 0.5) is 18.9 Å². The summed E-state index contributed by atoms with van der Waals surface area (Å²) in [5, 5.41) is 19.0. The smallest absolute Gasteiger partial charge is 0.258 e. The zero-order valence-corrected chi connectivity index (χ0v) is 10.2. The Hall–Kier alpha value is -1.37. The molecule has 90 valence electrons. The van der Waals surface area contributed by atoms with E-state index in [1.54, 1.807) is 28.7 Å². The fourth-order valence-corrected chi connectivity index (χ4v) is 2.01. The normalized spacial score (nSPS) is 11.0. The highest BCUT2D eigenvalue weighted by atomic mass is 127. The van der Waals surface area contributed by atoms with E-state index in [2.05, 4.69) is 0 Å². The molecule has 0 saturated carbocycles. The molecular formula is C9H4F3IN2O2.